The molecule has 1 aromatic rings. The van der Waals surface area contributed by atoms with Crippen LogP contribution >= 0.6 is 0 Å². The van der Waals surface area contributed by atoms with Crippen molar-refractivity contribution in [2.45, 2.75) is 123 Å². The highest BCUT2D eigenvalue weighted by Gasteiger charge is 2.29. The molecule has 2 heterocycles. The van der Waals surface area contributed by atoms with E-state index >= 15 is 0 Å². The molecule has 0 bridgehead atoms. The van der Waals surface area contributed by atoms with Crippen LogP contribution in [0.3, 0.4) is 0 Å². The third-order valence-electron chi connectivity index (χ3n) is 6.75. The van der Waals surface area contributed by atoms with Gasteiger partial charge in [-0.3, -0.25) is 9.78 Å². The van der Waals surface area contributed by atoms with Crippen molar-refractivity contribution in [1.82, 2.24) is 9.88 Å². The molecule has 2 unspecified atom stereocenters. The van der Waals surface area contributed by atoms with Crippen LogP contribution in [0, 0.1) is 0 Å². The molecule has 1 aliphatic rings. The Morgan fingerprint density at radius 3 is 2.13 bits per heavy atom. The highest BCUT2D eigenvalue weighted by molar-refractivity contribution is 5.90. The minimum absolute atomic E-state index is 0.0142. The summed E-state index contributed by atoms with van der Waals surface area (Å²) in [4.78, 5) is 29.5. The number of amides is 2. The van der Waals surface area contributed by atoms with Gasteiger partial charge in [0.05, 0.1) is 25.5 Å². The number of ether oxygens (including phenoxy) is 4. The van der Waals surface area contributed by atoms with Gasteiger partial charge in [-0.05, 0) is 18.6 Å². The molecular formula is C30H50N2O6. The van der Waals surface area contributed by atoms with Gasteiger partial charge in [-0.25, -0.2) is 9.69 Å². The fourth-order valence-corrected chi connectivity index (χ4v) is 4.46. The molecule has 0 spiro atoms. The second-order valence-electron chi connectivity index (χ2n) is 10.2. The second-order valence-corrected chi connectivity index (χ2v) is 10.2. The first-order chi connectivity index (χ1) is 18.6. The van der Waals surface area contributed by atoms with Crippen molar-refractivity contribution in [3.63, 3.8) is 0 Å². The topological polar surface area (TPSA) is 87.2 Å². The van der Waals surface area contributed by atoms with Crippen LogP contribution in [-0.2, 0) is 30.3 Å². The summed E-state index contributed by atoms with van der Waals surface area (Å²) < 4.78 is 22.4. The molecular weight excluding hydrogens is 484 g/mol. The zero-order valence-corrected chi connectivity index (χ0v) is 23.7. The predicted octanol–water partition coefficient (Wildman–Crippen LogP) is 6.81. The smallest absolute Gasteiger partial charge is 0.416 e. The van der Waals surface area contributed by atoms with Crippen molar-refractivity contribution in [2.75, 3.05) is 26.4 Å². The van der Waals surface area contributed by atoms with E-state index in [4.69, 9.17) is 18.9 Å². The fraction of sp³-hybridized carbons (Fsp3) is 0.767. The number of hydrogen-bond acceptors (Lipinski definition) is 7. The van der Waals surface area contributed by atoms with E-state index in [0.717, 1.165) is 11.3 Å². The normalized spacial score (nSPS) is 17.0. The van der Waals surface area contributed by atoms with Crippen molar-refractivity contribution in [3.05, 3.63) is 30.1 Å². The molecule has 216 valence electrons. The number of imide groups is 1. The predicted molar refractivity (Wildman–Crippen MR) is 148 cm³/mol. The average molecular weight is 535 g/mol. The lowest BCUT2D eigenvalue weighted by Gasteiger charge is -2.19. The van der Waals surface area contributed by atoms with Crippen LogP contribution in [0.25, 0.3) is 0 Å². The van der Waals surface area contributed by atoms with Crippen LogP contribution in [0.5, 0.6) is 0 Å². The molecule has 2 atom stereocenters. The molecule has 1 saturated heterocycles. The Bertz CT molecular complexity index is 748. The van der Waals surface area contributed by atoms with E-state index < -0.39 is 18.3 Å². The highest BCUT2D eigenvalue weighted by atomic mass is 16.7. The first-order valence-electron chi connectivity index (χ1n) is 14.8. The maximum absolute atomic E-state index is 12.4. The Labute approximate surface area is 229 Å². The minimum Gasteiger partial charge on any atom is -0.446 e. The molecule has 2 rings (SSSR count). The SMILES string of the molecule is CCCCCCCCCCCCCCCCOCC1OCC(COC(=O)N(Cc2ccccn2)C(C)=O)O1. The summed E-state index contributed by atoms with van der Waals surface area (Å²) in [6.45, 7) is 5.05. The van der Waals surface area contributed by atoms with Gasteiger partial charge in [0, 0.05) is 19.7 Å². The van der Waals surface area contributed by atoms with E-state index in [9.17, 15) is 9.59 Å². The van der Waals surface area contributed by atoms with E-state index in [1.165, 1.54) is 90.4 Å². The quantitative estimate of drug-likeness (QED) is 0.160. The van der Waals surface area contributed by atoms with Crippen LogP contribution in [0.2, 0.25) is 0 Å². The van der Waals surface area contributed by atoms with Crippen molar-refractivity contribution >= 4 is 12.0 Å². The van der Waals surface area contributed by atoms with Gasteiger partial charge in [0.15, 0.2) is 6.29 Å². The van der Waals surface area contributed by atoms with Gasteiger partial charge in [-0.2, -0.15) is 0 Å². The van der Waals surface area contributed by atoms with Gasteiger partial charge in [-0.1, -0.05) is 96.5 Å². The molecule has 8 nitrogen and oxygen atoms in total. The number of pyridine rings is 1. The van der Waals surface area contributed by atoms with Gasteiger partial charge in [0.2, 0.25) is 5.91 Å². The molecule has 1 aromatic heterocycles. The number of carbonyl (C=O) groups excluding carboxylic acids is 2. The summed E-state index contributed by atoms with van der Waals surface area (Å²) in [7, 11) is 0. The standard InChI is InChI=1S/C30H50N2O6/c1-3-4-5-6-7-8-9-10-11-12-13-14-15-18-21-35-25-29-36-23-28(38-29)24-37-30(34)32(26(2)33)22-27-19-16-17-20-31-27/h16-17,19-20,28-29H,3-15,18,21-25H2,1-2H3. The number of rotatable bonds is 21. The monoisotopic (exact) mass is 534 g/mol. The first-order valence-corrected chi connectivity index (χ1v) is 14.8. The lowest BCUT2D eigenvalue weighted by Crippen LogP contribution is -2.37. The van der Waals surface area contributed by atoms with E-state index in [1.54, 1.807) is 24.4 Å². The van der Waals surface area contributed by atoms with Gasteiger partial charge in [-0.15, -0.1) is 0 Å². The molecule has 38 heavy (non-hydrogen) atoms. The van der Waals surface area contributed by atoms with Crippen LogP contribution in [-0.4, -0.2) is 60.7 Å². The Morgan fingerprint density at radius 1 is 0.921 bits per heavy atom. The maximum atomic E-state index is 12.4. The highest BCUT2D eigenvalue weighted by Crippen LogP contribution is 2.15. The van der Waals surface area contributed by atoms with Gasteiger partial charge >= 0.3 is 6.09 Å². The zero-order valence-electron chi connectivity index (χ0n) is 23.7. The van der Waals surface area contributed by atoms with E-state index in [0.29, 0.717) is 25.5 Å². The van der Waals surface area contributed by atoms with Crippen LogP contribution in [0.15, 0.2) is 24.4 Å². The van der Waals surface area contributed by atoms with E-state index in [1.807, 2.05) is 0 Å². The van der Waals surface area contributed by atoms with Gasteiger partial charge in [0.25, 0.3) is 0 Å². The Morgan fingerprint density at radius 2 is 1.55 bits per heavy atom. The number of unbranched alkanes of at least 4 members (excludes halogenated alkanes) is 13. The Kier molecular flexibility index (Phi) is 17.7. The zero-order chi connectivity index (χ0) is 27.3. The van der Waals surface area contributed by atoms with Crippen molar-refractivity contribution < 1.29 is 28.5 Å². The Balaban J connectivity index is 1.41. The fourth-order valence-electron chi connectivity index (χ4n) is 4.46. The second kappa shape index (κ2) is 20.9. The third kappa shape index (κ3) is 14.8. The van der Waals surface area contributed by atoms with E-state index in [2.05, 4.69) is 11.9 Å². The van der Waals surface area contributed by atoms with Crippen LogP contribution in [0.1, 0.15) is 109 Å². The summed E-state index contributed by atoms with van der Waals surface area (Å²) in [5, 5.41) is 0. The lowest BCUT2D eigenvalue weighted by molar-refractivity contribution is -0.128. The third-order valence-corrected chi connectivity index (χ3v) is 6.75. The molecule has 0 N–H and O–H groups in total. The molecule has 8 heteroatoms. The summed E-state index contributed by atoms with van der Waals surface area (Å²) in [6, 6.07) is 5.33. The number of aromatic nitrogens is 1. The van der Waals surface area contributed by atoms with Crippen LogP contribution in [0.4, 0.5) is 4.79 Å². The Hall–Kier alpha value is -2.03. The lowest BCUT2D eigenvalue weighted by atomic mass is 10.0. The van der Waals surface area contributed by atoms with Crippen molar-refractivity contribution in [2.24, 2.45) is 0 Å². The first kappa shape index (κ1) is 32.2. The van der Waals surface area contributed by atoms with Crippen molar-refractivity contribution in [1.29, 1.82) is 0 Å². The number of nitrogens with zero attached hydrogens (tertiary/aromatic N) is 2. The van der Waals surface area contributed by atoms with E-state index in [-0.39, 0.29) is 19.3 Å². The van der Waals surface area contributed by atoms with Gasteiger partial charge in [0.1, 0.15) is 12.7 Å². The molecule has 1 fully saturated rings. The van der Waals surface area contributed by atoms with Gasteiger partial charge < -0.3 is 18.9 Å². The average Bonchev–Trinajstić information content (AvgIpc) is 3.38. The molecule has 2 amide bonds. The van der Waals surface area contributed by atoms with Crippen molar-refractivity contribution in [3.8, 4) is 0 Å². The number of carbonyl (C=O) groups is 2. The largest absolute Gasteiger partial charge is 0.446 e. The minimum atomic E-state index is -0.718. The molecule has 0 aromatic carbocycles. The summed E-state index contributed by atoms with van der Waals surface area (Å²) in [5.41, 5.74) is 0.608. The number of hydrogen-bond donors (Lipinski definition) is 0. The maximum Gasteiger partial charge on any atom is 0.416 e. The molecule has 0 saturated carbocycles. The molecule has 0 radical (unpaired) electrons. The summed E-state index contributed by atoms with van der Waals surface area (Å²) in [5.74, 6) is -0.404. The summed E-state index contributed by atoms with van der Waals surface area (Å²) >= 11 is 0. The summed E-state index contributed by atoms with van der Waals surface area (Å²) in [6.07, 6.45) is 18.8. The molecule has 1 aliphatic heterocycles. The molecule has 0 aliphatic carbocycles. The van der Waals surface area contributed by atoms with Crippen LogP contribution < -0.4 is 0 Å².